The second kappa shape index (κ2) is 6.97. The van der Waals surface area contributed by atoms with Crippen molar-refractivity contribution in [1.82, 2.24) is 5.32 Å². The highest BCUT2D eigenvalue weighted by atomic mass is 19.1. The van der Waals surface area contributed by atoms with Gasteiger partial charge in [-0.1, -0.05) is 30.3 Å². The van der Waals surface area contributed by atoms with Crippen LogP contribution in [0.1, 0.15) is 29.3 Å². The maximum Gasteiger partial charge on any atom is 0.254 e. The Labute approximate surface area is 122 Å². The largest absolute Gasteiger partial charge is 0.349 e. The van der Waals surface area contributed by atoms with Gasteiger partial charge >= 0.3 is 0 Å². The van der Waals surface area contributed by atoms with Crippen LogP contribution < -0.4 is 5.32 Å². The van der Waals surface area contributed by atoms with Gasteiger partial charge in [0.25, 0.3) is 5.91 Å². The van der Waals surface area contributed by atoms with Gasteiger partial charge in [-0.2, -0.15) is 0 Å². The molecule has 0 saturated heterocycles. The zero-order chi connectivity index (χ0) is 15.2. The molecule has 2 aromatic carbocycles. The minimum absolute atomic E-state index is 0.0952. The SMILES string of the molecule is C[C@H](CCc1ccccc1)NC(=O)c1ccc(F)cc1F. The fraction of sp³-hybridized carbons (Fsp3) is 0.235. The number of hydrogen-bond donors (Lipinski definition) is 1. The molecular weight excluding hydrogens is 272 g/mol. The van der Waals surface area contributed by atoms with Gasteiger partial charge in [0.2, 0.25) is 0 Å². The molecule has 0 aliphatic rings. The number of hydrogen-bond acceptors (Lipinski definition) is 1. The number of rotatable bonds is 5. The Balaban J connectivity index is 1.90. The third-order valence-electron chi connectivity index (χ3n) is 3.26. The summed E-state index contributed by atoms with van der Waals surface area (Å²) < 4.78 is 26.3. The average Bonchev–Trinajstić information content (AvgIpc) is 2.46. The third-order valence-corrected chi connectivity index (χ3v) is 3.26. The molecule has 110 valence electrons. The maximum atomic E-state index is 13.5. The first-order valence-corrected chi connectivity index (χ1v) is 6.86. The fourth-order valence-corrected chi connectivity index (χ4v) is 2.08. The first-order chi connectivity index (χ1) is 10.1. The van der Waals surface area contributed by atoms with Crippen LogP contribution >= 0.6 is 0 Å². The van der Waals surface area contributed by atoms with Crippen molar-refractivity contribution in [3.05, 3.63) is 71.3 Å². The van der Waals surface area contributed by atoms with Crippen LogP contribution in [-0.4, -0.2) is 11.9 Å². The Morgan fingerprint density at radius 1 is 1.14 bits per heavy atom. The van der Waals surface area contributed by atoms with Crippen molar-refractivity contribution in [2.45, 2.75) is 25.8 Å². The van der Waals surface area contributed by atoms with E-state index in [1.54, 1.807) is 0 Å². The van der Waals surface area contributed by atoms with Crippen LogP contribution in [0.4, 0.5) is 8.78 Å². The van der Waals surface area contributed by atoms with E-state index in [9.17, 15) is 13.6 Å². The van der Waals surface area contributed by atoms with E-state index < -0.39 is 17.5 Å². The Morgan fingerprint density at radius 3 is 2.52 bits per heavy atom. The van der Waals surface area contributed by atoms with Crippen LogP contribution in [0.25, 0.3) is 0 Å². The van der Waals surface area contributed by atoms with E-state index in [0.717, 1.165) is 25.0 Å². The molecule has 1 amide bonds. The number of carbonyl (C=O) groups is 1. The highest BCUT2D eigenvalue weighted by molar-refractivity contribution is 5.94. The van der Waals surface area contributed by atoms with Crippen molar-refractivity contribution < 1.29 is 13.6 Å². The highest BCUT2D eigenvalue weighted by Gasteiger charge is 2.14. The molecule has 0 heterocycles. The van der Waals surface area contributed by atoms with Crippen molar-refractivity contribution >= 4 is 5.91 Å². The quantitative estimate of drug-likeness (QED) is 0.893. The maximum absolute atomic E-state index is 13.5. The minimum atomic E-state index is -0.845. The van der Waals surface area contributed by atoms with E-state index in [1.807, 2.05) is 37.3 Å². The van der Waals surface area contributed by atoms with Gasteiger partial charge in [0, 0.05) is 12.1 Å². The van der Waals surface area contributed by atoms with Gasteiger partial charge in [-0.25, -0.2) is 8.78 Å². The predicted molar refractivity (Wildman–Crippen MR) is 78.0 cm³/mol. The number of benzene rings is 2. The molecule has 1 atom stereocenters. The number of nitrogens with one attached hydrogen (secondary N) is 1. The van der Waals surface area contributed by atoms with Crippen molar-refractivity contribution in [1.29, 1.82) is 0 Å². The first kappa shape index (κ1) is 15.2. The molecule has 0 saturated carbocycles. The molecule has 0 bridgehead atoms. The lowest BCUT2D eigenvalue weighted by atomic mass is 10.1. The molecule has 2 rings (SSSR count). The highest BCUT2D eigenvalue weighted by Crippen LogP contribution is 2.10. The van der Waals surface area contributed by atoms with Gasteiger partial charge in [-0.15, -0.1) is 0 Å². The predicted octanol–water partition coefficient (Wildman–Crippen LogP) is 3.72. The first-order valence-electron chi connectivity index (χ1n) is 6.86. The third kappa shape index (κ3) is 4.38. The Bertz CT molecular complexity index is 613. The van der Waals surface area contributed by atoms with Crippen molar-refractivity contribution in [2.24, 2.45) is 0 Å². The Hall–Kier alpha value is -2.23. The van der Waals surface area contributed by atoms with E-state index >= 15 is 0 Å². The molecule has 0 spiro atoms. The van der Waals surface area contributed by atoms with Gasteiger partial charge in [-0.05, 0) is 37.5 Å². The van der Waals surface area contributed by atoms with E-state index in [-0.39, 0.29) is 11.6 Å². The summed E-state index contributed by atoms with van der Waals surface area (Å²) in [6.45, 7) is 1.86. The van der Waals surface area contributed by atoms with Gasteiger partial charge in [-0.3, -0.25) is 4.79 Å². The van der Waals surface area contributed by atoms with E-state index in [1.165, 1.54) is 5.56 Å². The summed E-state index contributed by atoms with van der Waals surface area (Å²) in [5.74, 6) is -2.06. The summed E-state index contributed by atoms with van der Waals surface area (Å²) in [6.07, 6.45) is 1.58. The van der Waals surface area contributed by atoms with Crippen molar-refractivity contribution in [3.63, 3.8) is 0 Å². The zero-order valence-corrected chi connectivity index (χ0v) is 11.8. The second-order valence-electron chi connectivity index (χ2n) is 5.02. The lowest BCUT2D eigenvalue weighted by Crippen LogP contribution is -2.33. The molecule has 0 fully saturated rings. The average molecular weight is 289 g/mol. The van der Waals surface area contributed by atoms with E-state index in [4.69, 9.17) is 0 Å². The number of amides is 1. The van der Waals surface area contributed by atoms with Crippen LogP contribution in [-0.2, 0) is 6.42 Å². The Morgan fingerprint density at radius 2 is 1.86 bits per heavy atom. The molecule has 0 aliphatic heterocycles. The Kier molecular flexibility index (Phi) is 5.04. The number of halogens is 2. The molecule has 2 aromatic rings. The lowest BCUT2D eigenvalue weighted by Gasteiger charge is -2.14. The molecule has 0 aliphatic carbocycles. The van der Waals surface area contributed by atoms with Crippen LogP contribution in [0.5, 0.6) is 0 Å². The van der Waals surface area contributed by atoms with E-state index in [2.05, 4.69) is 5.32 Å². The van der Waals surface area contributed by atoms with Crippen molar-refractivity contribution in [2.75, 3.05) is 0 Å². The second-order valence-corrected chi connectivity index (χ2v) is 5.02. The fourth-order valence-electron chi connectivity index (χ4n) is 2.08. The number of aryl methyl sites for hydroxylation is 1. The van der Waals surface area contributed by atoms with Crippen LogP contribution in [0.2, 0.25) is 0 Å². The zero-order valence-electron chi connectivity index (χ0n) is 11.8. The molecule has 0 aromatic heterocycles. The van der Waals surface area contributed by atoms with Crippen LogP contribution in [0.15, 0.2) is 48.5 Å². The van der Waals surface area contributed by atoms with Gasteiger partial charge in [0.15, 0.2) is 0 Å². The van der Waals surface area contributed by atoms with Crippen LogP contribution in [0, 0.1) is 11.6 Å². The monoisotopic (exact) mass is 289 g/mol. The molecule has 21 heavy (non-hydrogen) atoms. The summed E-state index contributed by atoms with van der Waals surface area (Å²) in [5, 5.41) is 2.73. The smallest absolute Gasteiger partial charge is 0.254 e. The summed E-state index contributed by atoms with van der Waals surface area (Å²) in [4.78, 5) is 11.9. The molecule has 4 heteroatoms. The standard InChI is InChI=1S/C17H17F2NO/c1-12(7-8-13-5-3-2-4-6-13)20-17(21)15-10-9-14(18)11-16(15)19/h2-6,9-12H,7-8H2,1H3,(H,20,21)/t12-/m1/s1. The van der Waals surface area contributed by atoms with Crippen LogP contribution in [0.3, 0.4) is 0 Å². The van der Waals surface area contributed by atoms with Crippen molar-refractivity contribution in [3.8, 4) is 0 Å². The number of carbonyl (C=O) groups excluding carboxylic acids is 1. The summed E-state index contributed by atoms with van der Waals surface area (Å²) in [5.41, 5.74) is 1.05. The van der Waals surface area contributed by atoms with E-state index in [0.29, 0.717) is 6.07 Å². The van der Waals surface area contributed by atoms with Gasteiger partial charge in [0.1, 0.15) is 11.6 Å². The summed E-state index contributed by atoms with van der Waals surface area (Å²) >= 11 is 0. The molecule has 0 unspecified atom stereocenters. The normalized spacial score (nSPS) is 12.0. The van der Waals surface area contributed by atoms with Gasteiger partial charge in [0.05, 0.1) is 5.56 Å². The molecule has 0 radical (unpaired) electrons. The molecular formula is C17H17F2NO. The molecule has 1 N–H and O–H groups in total. The van der Waals surface area contributed by atoms with Gasteiger partial charge < -0.3 is 5.32 Å². The molecule has 2 nitrogen and oxygen atoms in total. The minimum Gasteiger partial charge on any atom is -0.349 e. The summed E-state index contributed by atoms with van der Waals surface area (Å²) in [6, 6.07) is 12.8. The lowest BCUT2D eigenvalue weighted by molar-refractivity contribution is 0.0934. The summed E-state index contributed by atoms with van der Waals surface area (Å²) in [7, 11) is 0. The topological polar surface area (TPSA) is 29.1 Å².